The van der Waals surface area contributed by atoms with Gasteiger partial charge in [0.25, 0.3) is 0 Å². The first-order valence-corrected chi connectivity index (χ1v) is 6.40. The van der Waals surface area contributed by atoms with Crippen LogP contribution >= 0.6 is 0 Å². The van der Waals surface area contributed by atoms with Crippen molar-refractivity contribution in [2.75, 3.05) is 20.3 Å². The molecule has 0 aliphatic heterocycles. The molecular formula is C15H20O5. The van der Waals surface area contributed by atoms with Crippen molar-refractivity contribution in [1.82, 2.24) is 0 Å². The van der Waals surface area contributed by atoms with E-state index in [4.69, 9.17) is 19.3 Å². The van der Waals surface area contributed by atoms with Crippen LogP contribution in [-0.4, -0.2) is 37.5 Å². The number of aliphatic carboxylic acids is 1. The second-order valence-electron chi connectivity index (χ2n) is 4.17. The lowest BCUT2D eigenvalue weighted by molar-refractivity contribution is -0.131. The third kappa shape index (κ3) is 5.32. The molecule has 5 heteroatoms. The van der Waals surface area contributed by atoms with Crippen LogP contribution in [-0.2, 0) is 9.53 Å². The Labute approximate surface area is 118 Å². The number of hydrogen-bond acceptors (Lipinski definition) is 4. The summed E-state index contributed by atoms with van der Waals surface area (Å²) >= 11 is 0. The van der Waals surface area contributed by atoms with Crippen molar-refractivity contribution >= 4 is 12.0 Å². The molecule has 0 spiro atoms. The zero-order valence-electron chi connectivity index (χ0n) is 12.0. The second-order valence-corrected chi connectivity index (χ2v) is 4.17. The van der Waals surface area contributed by atoms with E-state index >= 15 is 0 Å². The molecule has 1 N–H and O–H groups in total. The molecule has 0 aliphatic carbocycles. The number of carboxylic acids is 1. The Morgan fingerprint density at radius 1 is 1.35 bits per heavy atom. The number of ether oxygens (including phenoxy) is 3. The molecular weight excluding hydrogens is 260 g/mol. The van der Waals surface area contributed by atoms with Gasteiger partial charge >= 0.3 is 5.97 Å². The number of benzene rings is 1. The summed E-state index contributed by atoms with van der Waals surface area (Å²) < 4.78 is 16.3. The molecule has 0 heterocycles. The minimum atomic E-state index is -0.989. The quantitative estimate of drug-likeness (QED) is 0.741. The molecule has 0 saturated carbocycles. The Hall–Kier alpha value is -2.01. The van der Waals surface area contributed by atoms with Crippen molar-refractivity contribution in [2.45, 2.75) is 20.0 Å². The predicted octanol–water partition coefficient (Wildman–Crippen LogP) is 2.60. The number of methoxy groups -OCH3 is 1. The molecule has 1 atom stereocenters. The first-order valence-electron chi connectivity index (χ1n) is 6.40. The van der Waals surface area contributed by atoms with E-state index in [2.05, 4.69) is 0 Å². The Bertz CT molecular complexity index is 467. The number of carbonyl (C=O) groups is 1. The average Bonchev–Trinajstić information content (AvgIpc) is 2.44. The first-order chi connectivity index (χ1) is 9.56. The fraction of sp³-hybridized carbons (Fsp3) is 0.400. The Kier molecular flexibility index (Phi) is 6.59. The normalized spacial score (nSPS) is 12.3. The molecule has 0 aromatic heterocycles. The van der Waals surface area contributed by atoms with Crippen molar-refractivity contribution in [1.29, 1.82) is 0 Å². The van der Waals surface area contributed by atoms with Crippen molar-refractivity contribution in [3.63, 3.8) is 0 Å². The van der Waals surface area contributed by atoms with Gasteiger partial charge in [0.05, 0.1) is 12.7 Å². The largest absolute Gasteiger partial charge is 0.490 e. The first kappa shape index (κ1) is 16.0. The van der Waals surface area contributed by atoms with E-state index in [1.807, 2.05) is 13.8 Å². The maximum Gasteiger partial charge on any atom is 0.328 e. The van der Waals surface area contributed by atoms with Crippen LogP contribution in [0.3, 0.4) is 0 Å². The van der Waals surface area contributed by atoms with Crippen molar-refractivity contribution in [3.05, 3.63) is 29.8 Å². The van der Waals surface area contributed by atoms with Gasteiger partial charge in [-0.3, -0.25) is 0 Å². The summed E-state index contributed by atoms with van der Waals surface area (Å²) in [6.45, 7) is 4.70. The van der Waals surface area contributed by atoms with Crippen LogP contribution in [0.4, 0.5) is 0 Å². The number of carboxylic acid groups (broad SMARTS) is 1. The maximum absolute atomic E-state index is 10.5. The fourth-order valence-corrected chi connectivity index (χ4v) is 1.46. The van der Waals surface area contributed by atoms with Gasteiger partial charge in [-0.05, 0) is 37.6 Å². The van der Waals surface area contributed by atoms with Gasteiger partial charge in [-0.1, -0.05) is 6.07 Å². The van der Waals surface area contributed by atoms with Crippen molar-refractivity contribution in [3.8, 4) is 11.5 Å². The predicted molar refractivity (Wildman–Crippen MR) is 76.2 cm³/mol. The summed E-state index contributed by atoms with van der Waals surface area (Å²) in [5, 5.41) is 8.62. The molecule has 0 saturated heterocycles. The van der Waals surface area contributed by atoms with Crippen LogP contribution in [0.15, 0.2) is 24.3 Å². The van der Waals surface area contributed by atoms with E-state index < -0.39 is 5.97 Å². The molecule has 110 valence electrons. The molecule has 0 bridgehead atoms. The van der Waals surface area contributed by atoms with Gasteiger partial charge in [0.1, 0.15) is 6.61 Å². The molecule has 1 rings (SSSR count). The standard InChI is InChI=1S/C15H20O5/c1-4-19-14-9-12(6-8-15(16)17)5-7-13(14)20-10-11(2)18-3/h5-9,11H,4,10H2,1-3H3,(H,16,17)/b8-6+. The van der Waals surface area contributed by atoms with E-state index in [-0.39, 0.29) is 6.10 Å². The van der Waals surface area contributed by atoms with Crippen molar-refractivity contribution in [2.24, 2.45) is 0 Å². The van der Waals surface area contributed by atoms with E-state index in [9.17, 15) is 4.79 Å². The minimum Gasteiger partial charge on any atom is -0.490 e. The average molecular weight is 280 g/mol. The van der Waals surface area contributed by atoms with Crippen molar-refractivity contribution < 1.29 is 24.1 Å². The van der Waals surface area contributed by atoms with Gasteiger partial charge in [-0.25, -0.2) is 4.79 Å². The highest BCUT2D eigenvalue weighted by Crippen LogP contribution is 2.29. The number of hydrogen-bond donors (Lipinski definition) is 1. The molecule has 1 unspecified atom stereocenters. The highest BCUT2D eigenvalue weighted by atomic mass is 16.5. The zero-order chi connectivity index (χ0) is 15.0. The van der Waals surface area contributed by atoms with Crippen LogP contribution in [0, 0.1) is 0 Å². The lowest BCUT2D eigenvalue weighted by Crippen LogP contribution is -2.16. The summed E-state index contributed by atoms with van der Waals surface area (Å²) in [5.74, 6) is 0.212. The molecule has 0 fully saturated rings. The third-order valence-corrected chi connectivity index (χ3v) is 2.56. The van der Waals surface area contributed by atoms with Crippen LogP contribution < -0.4 is 9.47 Å². The topological polar surface area (TPSA) is 65.0 Å². The Balaban J connectivity index is 2.86. The minimum absolute atomic E-state index is 0.0175. The molecule has 0 radical (unpaired) electrons. The van der Waals surface area contributed by atoms with E-state index in [0.29, 0.717) is 24.7 Å². The van der Waals surface area contributed by atoms with E-state index in [1.54, 1.807) is 25.3 Å². The van der Waals surface area contributed by atoms with Crippen LogP contribution in [0.1, 0.15) is 19.4 Å². The van der Waals surface area contributed by atoms with Crippen LogP contribution in [0.2, 0.25) is 0 Å². The van der Waals surface area contributed by atoms with Gasteiger partial charge < -0.3 is 19.3 Å². The van der Waals surface area contributed by atoms with Gasteiger partial charge in [-0.2, -0.15) is 0 Å². The number of rotatable bonds is 8. The summed E-state index contributed by atoms with van der Waals surface area (Å²) in [6, 6.07) is 5.28. The highest BCUT2D eigenvalue weighted by molar-refractivity contribution is 5.85. The maximum atomic E-state index is 10.5. The summed E-state index contributed by atoms with van der Waals surface area (Å²) in [5.41, 5.74) is 0.739. The molecule has 5 nitrogen and oxygen atoms in total. The summed E-state index contributed by atoms with van der Waals surface area (Å²) in [6.07, 6.45) is 2.57. The molecule has 1 aromatic carbocycles. The third-order valence-electron chi connectivity index (χ3n) is 2.56. The van der Waals surface area contributed by atoms with Gasteiger partial charge in [0.15, 0.2) is 11.5 Å². The Morgan fingerprint density at radius 2 is 2.10 bits per heavy atom. The molecule has 0 aliphatic rings. The Morgan fingerprint density at radius 3 is 2.70 bits per heavy atom. The summed E-state index contributed by atoms with van der Waals surface area (Å²) in [7, 11) is 1.62. The monoisotopic (exact) mass is 280 g/mol. The SMILES string of the molecule is CCOc1cc(/C=C/C(=O)O)ccc1OCC(C)OC. The smallest absolute Gasteiger partial charge is 0.328 e. The van der Waals surface area contributed by atoms with Gasteiger partial charge in [-0.15, -0.1) is 0 Å². The molecule has 0 amide bonds. The second kappa shape index (κ2) is 8.22. The fourth-order valence-electron chi connectivity index (χ4n) is 1.46. The zero-order valence-corrected chi connectivity index (χ0v) is 12.0. The summed E-state index contributed by atoms with van der Waals surface area (Å²) in [4.78, 5) is 10.5. The van der Waals surface area contributed by atoms with Crippen LogP contribution in [0.25, 0.3) is 6.08 Å². The lowest BCUT2D eigenvalue weighted by Gasteiger charge is -2.15. The van der Waals surface area contributed by atoms with Gasteiger partial charge in [0, 0.05) is 13.2 Å². The highest BCUT2D eigenvalue weighted by Gasteiger charge is 2.08. The van der Waals surface area contributed by atoms with Crippen LogP contribution in [0.5, 0.6) is 11.5 Å². The molecule has 1 aromatic rings. The van der Waals surface area contributed by atoms with E-state index in [0.717, 1.165) is 11.6 Å². The van der Waals surface area contributed by atoms with Gasteiger partial charge in [0.2, 0.25) is 0 Å². The molecule has 20 heavy (non-hydrogen) atoms. The van der Waals surface area contributed by atoms with E-state index in [1.165, 1.54) is 6.08 Å². The lowest BCUT2D eigenvalue weighted by atomic mass is 10.2.